The number of rotatable bonds is 1. The van der Waals surface area contributed by atoms with Crippen LogP contribution in [0, 0.1) is 0 Å². The maximum Gasteiger partial charge on any atom is 0.130 e. The molecular formula is C16H16ClNO2. The van der Waals surface area contributed by atoms with E-state index < -0.39 is 0 Å². The Balaban J connectivity index is 2.14. The van der Waals surface area contributed by atoms with Gasteiger partial charge in [-0.25, -0.2) is 0 Å². The van der Waals surface area contributed by atoms with Gasteiger partial charge in [-0.15, -0.1) is 11.6 Å². The van der Waals surface area contributed by atoms with E-state index in [4.69, 9.17) is 16.3 Å². The molecule has 0 saturated heterocycles. The first-order valence-corrected chi connectivity index (χ1v) is 7.45. The lowest BCUT2D eigenvalue weighted by Crippen LogP contribution is -2.15. The normalized spacial score (nSPS) is 20.1. The molecule has 2 aliphatic heterocycles. The van der Waals surface area contributed by atoms with Crippen molar-refractivity contribution < 1.29 is 9.84 Å². The van der Waals surface area contributed by atoms with Gasteiger partial charge in [-0.2, -0.15) is 0 Å². The van der Waals surface area contributed by atoms with Gasteiger partial charge in [0.25, 0.3) is 0 Å². The number of nitrogens with zero attached hydrogens (tertiary/aromatic N) is 1. The highest BCUT2D eigenvalue weighted by Gasteiger charge is 2.32. The maximum absolute atomic E-state index is 10.3. The van der Waals surface area contributed by atoms with E-state index in [0.717, 1.165) is 41.8 Å². The summed E-state index contributed by atoms with van der Waals surface area (Å²) in [6.45, 7) is 1.61. The van der Waals surface area contributed by atoms with Crippen molar-refractivity contribution in [1.82, 2.24) is 0 Å². The number of ether oxygens (including phenoxy) is 1. The minimum absolute atomic E-state index is 0.287. The van der Waals surface area contributed by atoms with Crippen LogP contribution in [0.2, 0.25) is 0 Å². The van der Waals surface area contributed by atoms with Crippen LogP contribution in [0.5, 0.6) is 11.5 Å². The van der Waals surface area contributed by atoms with E-state index in [-0.39, 0.29) is 5.92 Å². The number of hydrogen-bond acceptors (Lipinski definition) is 3. The van der Waals surface area contributed by atoms with Crippen LogP contribution in [0.15, 0.2) is 18.2 Å². The van der Waals surface area contributed by atoms with E-state index in [2.05, 4.69) is 11.0 Å². The number of hydrogen-bond donors (Lipinski definition) is 1. The van der Waals surface area contributed by atoms with E-state index >= 15 is 0 Å². The molecule has 0 aliphatic carbocycles. The van der Waals surface area contributed by atoms with Gasteiger partial charge in [0.05, 0.1) is 6.61 Å². The third-order valence-electron chi connectivity index (χ3n) is 4.45. The lowest BCUT2D eigenvalue weighted by Gasteiger charge is -2.15. The third kappa shape index (κ3) is 1.47. The van der Waals surface area contributed by atoms with Crippen LogP contribution < -0.4 is 9.64 Å². The van der Waals surface area contributed by atoms with Crippen LogP contribution in [0.25, 0.3) is 10.8 Å². The van der Waals surface area contributed by atoms with Crippen molar-refractivity contribution in [2.75, 3.05) is 31.0 Å². The standard InChI is InChI=1S/C16H16ClNO2/c1-18-8-10(7-17)14-12(18)6-13(19)11-3-2-9-4-5-20-16(9)15(11)14/h2-3,6,10,19H,4-5,7-8H2,1H3/t10-/m1/s1. The van der Waals surface area contributed by atoms with E-state index in [1.165, 1.54) is 11.1 Å². The summed E-state index contributed by atoms with van der Waals surface area (Å²) in [5, 5.41) is 12.3. The van der Waals surface area contributed by atoms with Crippen LogP contribution in [-0.4, -0.2) is 31.2 Å². The van der Waals surface area contributed by atoms with Crippen molar-refractivity contribution >= 4 is 28.1 Å². The second-order valence-corrected chi connectivity index (χ2v) is 5.94. The third-order valence-corrected chi connectivity index (χ3v) is 4.82. The van der Waals surface area contributed by atoms with Crippen molar-refractivity contribution in [3.63, 3.8) is 0 Å². The molecule has 3 nitrogen and oxygen atoms in total. The van der Waals surface area contributed by atoms with E-state index in [1.54, 1.807) is 0 Å². The van der Waals surface area contributed by atoms with Gasteiger partial charge in [-0.05, 0) is 11.1 Å². The molecule has 4 rings (SSSR count). The molecule has 0 saturated carbocycles. The number of fused-ring (bicyclic) bond motifs is 5. The molecule has 2 aromatic rings. The lowest BCUT2D eigenvalue weighted by molar-refractivity contribution is 0.360. The molecule has 0 spiro atoms. The van der Waals surface area contributed by atoms with Crippen molar-refractivity contribution in [2.45, 2.75) is 12.3 Å². The van der Waals surface area contributed by atoms with E-state index in [0.29, 0.717) is 11.6 Å². The predicted molar refractivity (Wildman–Crippen MR) is 81.5 cm³/mol. The summed E-state index contributed by atoms with van der Waals surface area (Å²) >= 11 is 6.16. The zero-order valence-electron chi connectivity index (χ0n) is 11.3. The molecule has 0 aromatic heterocycles. The molecular weight excluding hydrogens is 274 g/mol. The van der Waals surface area contributed by atoms with Gasteiger partial charge in [0, 0.05) is 54.3 Å². The van der Waals surface area contributed by atoms with Gasteiger partial charge in [0.2, 0.25) is 0 Å². The number of alkyl halides is 1. The second kappa shape index (κ2) is 4.19. The number of likely N-dealkylation sites (N-methyl/N-ethyl adjacent to an activating group) is 1. The summed E-state index contributed by atoms with van der Waals surface area (Å²) in [6, 6.07) is 5.92. The van der Waals surface area contributed by atoms with E-state index in [9.17, 15) is 5.11 Å². The highest BCUT2D eigenvalue weighted by Crippen LogP contribution is 2.49. The average Bonchev–Trinajstić information content (AvgIpc) is 3.03. The average molecular weight is 290 g/mol. The number of phenolic OH excluding ortho intramolecular Hbond substituents is 1. The number of halogens is 1. The Bertz CT molecular complexity index is 713. The molecule has 1 atom stereocenters. The Morgan fingerprint density at radius 1 is 1.45 bits per heavy atom. The number of anilines is 1. The Morgan fingerprint density at radius 3 is 3.10 bits per heavy atom. The van der Waals surface area contributed by atoms with Crippen LogP contribution >= 0.6 is 11.6 Å². The predicted octanol–water partition coefficient (Wildman–Crippen LogP) is 3.25. The van der Waals surface area contributed by atoms with Gasteiger partial charge < -0.3 is 14.7 Å². The summed E-state index contributed by atoms with van der Waals surface area (Å²) in [5.74, 6) is 2.13. The Hall–Kier alpha value is -1.61. The van der Waals surface area contributed by atoms with Gasteiger partial charge in [-0.3, -0.25) is 0 Å². The SMILES string of the molecule is CN1C[C@@H](CCl)c2c1cc(O)c1ccc3c(c21)OCC3. The van der Waals surface area contributed by atoms with Crippen molar-refractivity contribution in [1.29, 1.82) is 0 Å². The topological polar surface area (TPSA) is 32.7 Å². The molecule has 0 radical (unpaired) electrons. The molecule has 2 aromatic carbocycles. The number of benzene rings is 2. The first kappa shape index (κ1) is 12.2. The molecule has 2 heterocycles. The molecule has 1 N–H and O–H groups in total. The van der Waals surface area contributed by atoms with Crippen LogP contribution in [0.3, 0.4) is 0 Å². The number of aromatic hydroxyl groups is 1. The smallest absolute Gasteiger partial charge is 0.130 e. The summed E-state index contributed by atoms with van der Waals surface area (Å²) < 4.78 is 5.85. The van der Waals surface area contributed by atoms with Gasteiger partial charge in [0.15, 0.2) is 0 Å². The zero-order valence-corrected chi connectivity index (χ0v) is 12.1. The fourth-order valence-electron chi connectivity index (χ4n) is 3.52. The minimum Gasteiger partial charge on any atom is -0.507 e. The molecule has 2 aliphatic rings. The van der Waals surface area contributed by atoms with Crippen LogP contribution in [-0.2, 0) is 6.42 Å². The van der Waals surface area contributed by atoms with Gasteiger partial charge in [-0.1, -0.05) is 12.1 Å². The zero-order chi connectivity index (χ0) is 13.9. The summed E-state index contributed by atoms with van der Waals surface area (Å²) in [4.78, 5) is 2.16. The summed E-state index contributed by atoms with van der Waals surface area (Å²) in [5.41, 5.74) is 3.53. The largest absolute Gasteiger partial charge is 0.507 e. The fourth-order valence-corrected chi connectivity index (χ4v) is 3.77. The molecule has 0 bridgehead atoms. The minimum atomic E-state index is 0.287. The van der Waals surface area contributed by atoms with Gasteiger partial charge in [0.1, 0.15) is 11.5 Å². The molecule has 0 amide bonds. The Morgan fingerprint density at radius 2 is 2.30 bits per heavy atom. The molecule has 4 heteroatoms. The van der Waals surface area contributed by atoms with Crippen molar-refractivity contribution in [3.05, 3.63) is 29.3 Å². The van der Waals surface area contributed by atoms with Crippen molar-refractivity contribution in [3.8, 4) is 11.5 Å². The van der Waals surface area contributed by atoms with Crippen LogP contribution in [0.1, 0.15) is 17.0 Å². The van der Waals surface area contributed by atoms with E-state index in [1.807, 2.05) is 19.2 Å². The maximum atomic E-state index is 10.3. The Kier molecular flexibility index (Phi) is 2.55. The molecule has 0 fully saturated rings. The highest BCUT2D eigenvalue weighted by molar-refractivity contribution is 6.19. The summed E-state index contributed by atoms with van der Waals surface area (Å²) in [7, 11) is 2.04. The molecule has 20 heavy (non-hydrogen) atoms. The first-order chi connectivity index (χ1) is 9.70. The van der Waals surface area contributed by atoms with Gasteiger partial charge >= 0.3 is 0 Å². The monoisotopic (exact) mass is 289 g/mol. The van der Waals surface area contributed by atoms with Crippen LogP contribution in [0.4, 0.5) is 5.69 Å². The lowest BCUT2D eigenvalue weighted by atomic mass is 9.93. The highest BCUT2D eigenvalue weighted by atomic mass is 35.5. The second-order valence-electron chi connectivity index (χ2n) is 5.64. The summed E-state index contributed by atoms with van der Waals surface area (Å²) in [6.07, 6.45) is 0.942. The first-order valence-electron chi connectivity index (χ1n) is 6.92. The van der Waals surface area contributed by atoms with Crippen molar-refractivity contribution in [2.24, 2.45) is 0 Å². The number of phenols is 1. The quantitative estimate of drug-likeness (QED) is 0.818. The molecule has 104 valence electrons. The molecule has 0 unspecified atom stereocenters. The fraction of sp³-hybridized carbons (Fsp3) is 0.375. The Labute approximate surface area is 122 Å².